The molecule has 33 heavy (non-hydrogen) atoms. The molecule has 1 aliphatic rings. The van der Waals surface area contributed by atoms with Crippen LogP contribution in [0.4, 0.5) is 0 Å². The largest absolute Gasteiger partial charge is 0.300 e. The summed E-state index contributed by atoms with van der Waals surface area (Å²) in [6, 6.07) is 2.21. The van der Waals surface area contributed by atoms with Gasteiger partial charge >= 0.3 is 0 Å². The number of rotatable bonds is 13. The van der Waals surface area contributed by atoms with Gasteiger partial charge in [0, 0.05) is 24.3 Å². The summed E-state index contributed by atoms with van der Waals surface area (Å²) in [4.78, 5) is 49.2. The first-order valence-corrected chi connectivity index (χ1v) is 12.8. The van der Waals surface area contributed by atoms with Gasteiger partial charge in [0.15, 0.2) is 5.78 Å². The Labute approximate surface area is 199 Å². The lowest BCUT2D eigenvalue weighted by Crippen LogP contribution is -2.30. The Hall–Kier alpha value is -2.10. The summed E-state index contributed by atoms with van der Waals surface area (Å²) in [5.41, 5.74) is 5.45. The van der Waals surface area contributed by atoms with E-state index in [9.17, 15) is 19.2 Å². The molecule has 4 nitrogen and oxygen atoms in total. The molecule has 0 bridgehead atoms. The Bertz CT molecular complexity index is 895. The summed E-state index contributed by atoms with van der Waals surface area (Å²) >= 11 is 0. The molecular formula is C29H42O4. The normalized spacial score (nSPS) is 17.4. The average Bonchev–Trinajstić information content (AvgIpc) is 2.73. The molecule has 3 atom stereocenters. The molecule has 0 amide bonds. The number of aryl methyl sites for hydroxylation is 2. The summed E-state index contributed by atoms with van der Waals surface area (Å²) in [6.07, 6.45) is 7.00. The second-order valence-electron chi connectivity index (χ2n) is 10.1. The monoisotopic (exact) mass is 454 g/mol. The van der Waals surface area contributed by atoms with Crippen molar-refractivity contribution in [2.45, 2.75) is 106 Å². The summed E-state index contributed by atoms with van der Waals surface area (Å²) in [5.74, 6) is 0.706. The van der Waals surface area contributed by atoms with Gasteiger partial charge in [0.05, 0.1) is 6.42 Å². The topological polar surface area (TPSA) is 68.3 Å². The van der Waals surface area contributed by atoms with Gasteiger partial charge < -0.3 is 4.79 Å². The fourth-order valence-corrected chi connectivity index (χ4v) is 5.82. The number of carbonyl (C=O) groups is 4. The van der Waals surface area contributed by atoms with Gasteiger partial charge in [-0.2, -0.15) is 0 Å². The molecule has 182 valence electrons. The van der Waals surface area contributed by atoms with Gasteiger partial charge in [-0.25, -0.2) is 0 Å². The van der Waals surface area contributed by atoms with E-state index in [1.54, 1.807) is 6.92 Å². The maximum Gasteiger partial charge on any atom is 0.163 e. The fraction of sp³-hybridized carbons (Fsp3) is 0.655. The smallest absolute Gasteiger partial charge is 0.163 e. The predicted molar refractivity (Wildman–Crippen MR) is 133 cm³/mol. The highest BCUT2D eigenvalue weighted by molar-refractivity contribution is 6.01. The van der Waals surface area contributed by atoms with Crippen molar-refractivity contribution in [3.05, 3.63) is 33.9 Å². The van der Waals surface area contributed by atoms with E-state index in [2.05, 4.69) is 19.9 Å². The maximum absolute atomic E-state index is 13.4. The maximum atomic E-state index is 13.4. The van der Waals surface area contributed by atoms with E-state index < -0.39 is 0 Å². The van der Waals surface area contributed by atoms with Gasteiger partial charge in [-0.1, -0.05) is 39.7 Å². The van der Waals surface area contributed by atoms with Crippen molar-refractivity contribution in [2.75, 3.05) is 0 Å². The van der Waals surface area contributed by atoms with Crippen LogP contribution in [0.3, 0.4) is 0 Å². The third kappa shape index (κ3) is 6.94. The Morgan fingerprint density at radius 3 is 2.27 bits per heavy atom. The third-order valence-electron chi connectivity index (χ3n) is 7.41. The summed E-state index contributed by atoms with van der Waals surface area (Å²) < 4.78 is 0. The molecule has 0 saturated heterocycles. The quantitative estimate of drug-likeness (QED) is 0.333. The van der Waals surface area contributed by atoms with Crippen LogP contribution >= 0.6 is 0 Å². The second-order valence-corrected chi connectivity index (χ2v) is 10.1. The number of ketones is 4. The summed E-state index contributed by atoms with van der Waals surface area (Å²) in [7, 11) is 0. The van der Waals surface area contributed by atoms with Gasteiger partial charge in [-0.3, -0.25) is 14.4 Å². The van der Waals surface area contributed by atoms with Crippen molar-refractivity contribution in [3.8, 4) is 0 Å². The molecule has 1 aliphatic carbocycles. The summed E-state index contributed by atoms with van der Waals surface area (Å²) in [5, 5.41) is 0. The van der Waals surface area contributed by atoms with Crippen molar-refractivity contribution in [3.63, 3.8) is 0 Å². The lowest BCUT2D eigenvalue weighted by Gasteiger charge is -2.33. The van der Waals surface area contributed by atoms with Gasteiger partial charge in [-0.05, 0) is 87.0 Å². The van der Waals surface area contributed by atoms with E-state index in [4.69, 9.17) is 0 Å². The highest BCUT2D eigenvalue weighted by atomic mass is 16.1. The number of benzene rings is 1. The molecule has 3 unspecified atom stereocenters. The number of carbonyl (C=O) groups excluding carboxylic acids is 4. The molecule has 4 heteroatoms. The Balaban J connectivity index is 2.32. The molecule has 0 aliphatic heterocycles. The van der Waals surface area contributed by atoms with Crippen LogP contribution in [0, 0.1) is 24.7 Å². The number of fused-ring (bicyclic) bond motifs is 1. The Morgan fingerprint density at radius 1 is 1.03 bits per heavy atom. The zero-order valence-electron chi connectivity index (χ0n) is 21.5. The molecule has 2 rings (SSSR count). The first-order valence-electron chi connectivity index (χ1n) is 12.8. The van der Waals surface area contributed by atoms with Gasteiger partial charge in [-0.15, -0.1) is 0 Å². The van der Waals surface area contributed by atoms with Crippen LogP contribution in [0.5, 0.6) is 0 Å². The van der Waals surface area contributed by atoms with Crippen molar-refractivity contribution < 1.29 is 19.2 Å². The van der Waals surface area contributed by atoms with E-state index in [0.717, 1.165) is 55.2 Å². The Morgan fingerprint density at radius 2 is 1.73 bits per heavy atom. The van der Waals surface area contributed by atoms with Crippen LogP contribution < -0.4 is 0 Å². The van der Waals surface area contributed by atoms with Crippen LogP contribution in [0.25, 0.3) is 0 Å². The molecule has 1 aromatic carbocycles. The van der Waals surface area contributed by atoms with E-state index in [0.29, 0.717) is 19.3 Å². The minimum absolute atomic E-state index is 0.0212. The van der Waals surface area contributed by atoms with E-state index >= 15 is 0 Å². The minimum atomic E-state index is -0.105. The molecule has 0 saturated carbocycles. The Kier molecular flexibility index (Phi) is 10.2. The highest BCUT2D eigenvalue weighted by Crippen LogP contribution is 2.38. The highest BCUT2D eigenvalue weighted by Gasteiger charge is 2.34. The molecule has 0 aromatic heterocycles. The van der Waals surface area contributed by atoms with E-state index in [1.807, 2.05) is 13.8 Å². The van der Waals surface area contributed by atoms with Gasteiger partial charge in [0.25, 0.3) is 0 Å². The van der Waals surface area contributed by atoms with Crippen molar-refractivity contribution in [1.82, 2.24) is 0 Å². The van der Waals surface area contributed by atoms with Crippen molar-refractivity contribution in [1.29, 1.82) is 0 Å². The average molecular weight is 455 g/mol. The molecule has 0 N–H and O–H groups in total. The van der Waals surface area contributed by atoms with Gasteiger partial charge in [0.1, 0.15) is 17.3 Å². The van der Waals surface area contributed by atoms with Crippen LogP contribution in [-0.4, -0.2) is 23.1 Å². The molecule has 0 radical (unpaired) electrons. The van der Waals surface area contributed by atoms with Crippen LogP contribution in [0.15, 0.2) is 6.07 Å². The first kappa shape index (κ1) is 27.1. The molecule has 0 fully saturated rings. The van der Waals surface area contributed by atoms with Crippen molar-refractivity contribution in [2.24, 2.45) is 17.8 Å². The van der Waals surface area contributed by atoms with Crippen LogP contribution in [0.2, 0.25) is 0 Å². The number of Topliss-reactive ketones (excluding diaryl/α,β-unsaturated/α-hetero) is 4. The molecule has 1 aromatic rings. The van der Waals surface area contributed by atoms with Crippen LogP contribution in [0.1, 0.15) is 112 Å². The van der Waals surface area contributed by atoms with Crippen LogP contribution in [-0.2, 0) is 33.6 Å². The SMILES string of the molecule is CCCC(CC1CC(=O)c2c(C)c(CCC(C)=O)cc(CC)c2C1)C(CC)C(=O)CC(C)=O. The van der Waals surface area contributed by atoms with E-state index in [-0.39, 0.29) is 47.3 Å². The zero-order valence-corrected chi connectivity index (χ0v) is 21.5. The zero-order chi connectivity index (χ0) is 24.7. The lowest BCUT2D eigenvalue weighted by molar-refractivity contribution is -0.130. The number of hydrogen-bond acceptors (Lipinski definition) is 4. The third-order valence-corrected chi connectivity index (χ3v) is 7.41. The standard InChI is InChI=1S/C29H42O4/c1-7-10-24(25(9-3)27(32)13-19(5)31)14-21-15-26-22(8-2)17-23(12-11-18(4)30)20(6)29(26)28(33)16-21/h17,21,24-25H,7-16H2,1-6H3. The predicted octanol–water partition coefficient (Wildman–Crippen LogP) is 6.20. The molecule has 0 heterocycles. The molecular weight excluding hydrogens is 412 g/mol. The molecule has 0 spiro atoms. The number of hydrogen-bond donors (Lipinski definition) is 0. The lowest BCUT2D eigenvalue weighted by atomic mass is 9.70. The van der Waals surface area contributed by atoms with Gasteiger partial charge in [0.2, 0.25) is 0 Å². The fourth-order valence-electron chi connectivity index (χ4n) is 5.82. The van der Waals surface area contributed by atoms with Crippen molar-refractivity contribution >= 4 is 23.1 Å². The summed E-state index contributed by atoms with van der Waals surface area (Å²) in [6.45, 7) is 11.4. The minimum Gasteiger partial charge on any atom is -0.300 e. The van der Waals surface area contributed by atoms with E-state index in [1.165, 1.54) is 18.1 Å². The second kappa shape index (κ2) is 12.4. The first-order chi connectivity index (χ1) is 15.6.